The quantitative estimate of drug-likeness (QED) is 0.434. The van der Waals surface area contributed by atoms with Crippen molar-refractivity contribution in [3.8, 4) is 0 Å². The molecule has 148 valence electrons. The van der Waals surface area contributed by atoms with Gasteiger partial charge in [0.25, 0.3) is 0 Å². The molecule has 0 aliphatic carbocycles. The minimum Gasteiger partial charge on any atom is -0.386 e. The van der Waals surface area contributed by atoms with Crippen LogP contribution in [0.1, 0.15) is 55.4 Å². The molecule has 0 aromatic rings. The molecule has 0 aromatic carbocycles. The maximum atomic E-state index is 8.71. The molecule has 0 rings (SSSR count). The van der Waals surface area contributed by atoms with Crippen molar-refractivity contribution < 1.29 is 42.1 Å². The standard InChI is InChI=1S/4C5H10O.Ti/c4*1-4-5(2,3)6;/h4*4,6H,1H2,2-3H3;. The van der Waals surface area contributed by atoms with Gasteiger partial charge in [0, 0.05) is 21.7 Å². The van der Waals surface area contributed by atoms with E-state index in [9.17, 15) is 0 Å². The van der Waals surface area contributed by atoms with E-state index in [2.05, 4.69) is 26.3 Å². The third-order valence-corrected chi connectivity index (χ3v) is 2.00. The Labute approximate surface area is 170 Å². The zero-order chi connectivity index (χ0) is 20.8. The maximum absolute atomic E-state index is 8.71. The molecule has 0 atom stereocenters. The second-order valence-electron chi connectivity index (χ2n) is 7.43. The molecular formula is C20H40O4Ti. The van der Waals surface area contributed by atoms with Gasteiger partial charge in [0.1, 0.15) is 0 Å². The summed E-state index contributed by atoms with van der Waals surface area (Å²) in [5.41, 5.74) is -2.78. The van der Waals surface area contributed by atoms with E-state index >= 15 is 0 Å². The van der Waals surface area contributed by atoms with Crippen molar-refractivity contribution in [3.63, 3.8) is 0 Å². The number of rotatable bonds is 4. The zero-order valence-corrected chi connectivity index (χ0v) is 19.0. The molecule has 0 aromatic heterocycles. The monoisotopic (exact) mass is 392 g/mol. The molecule has 0 aliphatic heterocycles. The van der Waals surface area contributed by atoms with Gasteiger partial charge in [0.05, 0.1) is 22.4 Å². The second-order valence-corrected chi connectivity index (χ2v) is 7.43. The Morgan fingerprint density at radius 3 is 0.480 bits per heavy atom. The van der Waals surface area contributed by atoms with E-state index in [1.54, 1.807) is 55.4 Å². The van der Waals surface area contributed by atoms with Gasteiger partial charge < -0.3 is 20.4 Å². The Morgan fingerprint density at radius 1 is 0.440 bits per heavy atom. The summed E-state index contributed by atoms with van der Waals surface area (Å²) in [5.74, 6) is 0. The van der Waals surface area contributed by atoms with Crippen LogP contribution in [0, 0.1) is 0 Å². The normalized spacial score (nSPS) is 10.7. The summed E-state index contributed by atoms with van der Waals surface area (Å²) in [6.45, 7) is 27.0. The van der Waals surface area contributed by atoms with Crippen molar-refractivity contribution >= 4 is 0 Å². The van der Waals surface area contributed by atoms with Gasteiger partial charge in [-0.25, -0.2) is 0 Å². The predicted molar refractivity (Wildman–Crippen MR) is 106 cm³/mol. The van der Waals surface area contributed by atoms with Gasteiger partial charge >= 0.3 is 0 Å². The van der Waals surface area contributed by atoms with Crippen LogP contribution in [0.4, 0.5) is 0 Å². The van der Waals surface area contributed by atoms with Crippen molar-refractivity contribution in [3.05, 3.63) is 50.6 Å². The van der Waals surface area contributed by atoms with Crippen molar-refractivity contribution in [2.75, 3.05) is 0 Å². The summed E-state index contributed by atoms with van der Waals surface area (Å²) in [6.07, 6.45) is 5.97. The molecule has 0 fully saturated rings. The molecule has 0 saturated heterocycles. The van der Waals surface area contributed by atoms with Crippen LogP contribution in [0.2, 0.25) is 0 Å². The van der Waals surface area contributed by atoms with Crippen molar-refractivity contribution in [2.45, 2.75) is 77.8 Å². The molecule has 0 heterocycles. The predicted octanol–water partition coefficient (Wildman–Crippen LogP) is 3.77. The van der Waals surface area contributed by atoms with Gasteiger partial charge in [0.15, 0.2) is 0 Å². The van der Waals surface area contributed by atoms with Gasteiger partial charge in [-0.2, -0.15) is 0 Å². The smallest absolute Gasteiger partial charge is 0.0769 e. The molecule has 0 aliphatic rings. The molecule has 4 nitrogen and oxygen atoms in total. The maximum Gasteiger partial charge on any atom is 0.0769 e. The first kappa shape index (κ1) is 35.6. The molecule has 0 spiro atoms. The van der Waals surface area contributed by atoms with Crippen molar-refractivity contribution in [1.29, 1.82) is 0 Å². The SMILES string of the molecule is C=CC(C)(C)O.C=CC(C)(C)O.C=CC(C)(C)O.C=CC(C)(C)O.[Ti]. The molecule has 0 amide bonds. The van der Waals surface area contributed by atoms with Crippen LogP contribution in [0.25, 0.3) is 0 Å². The van der Waals surface area contributed by atoms with E-state index in [-0.39, 0.29) is 21.7 Å². The van der Waals surface area contributed by atoms with E-state index in [1.807, 2.05) is 0 Å². The second kappa shape index (κ2) is 15.7. The Balaban J connectivity index is -0.0000000702. The number of aliphatic hydroxyl groups is 4. The fourth-order valence-corrected chi connectivity index (χ4v) is 0. The Morgan fingerprint density at radius 2 is 0.480 bits per heavy atom. The fraction of sp³-hybridized carbons (Fsp3) is 0.600. The topological polar surface area (TPSA) is 80.9 Å². The van der Waals surface area contributed by atoms with Crippen molar-refractivity contribution in [2.24, 2.45) is 0 Å². The van der Waals surface area contributed by atoms with Crippen LogP contribution in [0.5, 0.6) is 0 Å². The first-order chi connectivity index (χ1) is 10.2. The van der Waals surface area contributed by atoms with E-state index in [1.165, 1.54) is 24.3 Å². The third-order valence-electron chi connectivity index (χ3n) is 2.00. The Hall–Kier alpha value is -0.486. The van der Waals surface area contributed by atoms with E-state index in [0.29, 0.717) is 0 Å². The van der Waals surface area contributed by atoms with Gasteiger partial charge in [-0.3, -0.25) is 0 Å². The zero-order valence-electron chi connectivity index (χ0n) is 17.4. The summed E-state index contributed by atoms with van der Waals surface area (Å²) >= 11 is 0. The summed E-state index contributed by atoms with van der Waals surface area (Å²) < 4.78 is 0. The molecular weight excluding hydrogens is 352 g/mol. The Bertz CT molecular complexity index is 276. The van der Waals surface area contributed by atoms with Gasteiger partial charge in [0.2, 0.25) is 0 Å². The Kier molecular flexibility index (Phi) is 22.4. The van der Waals surface area contributed by atoms with E-state index < -0.39 is 22.4 Å². The van der Waals surface area contributed by atoms with Gasteiger partial charge in [-0.05, 0) is 55.4 Å². The van der Waals surface area contributed by atoms with E-state index in [0.717, 1.165) is 0 Å². The molecule has 5 heteroatoms. The molecule has 0 bridgehead atoms. The third kappa shape index (κ3) is 82.1. The summed E-state index contributed by atoms with van der Waals surface area (Å²) in [4.78, 5) is 0. The average molecular weight is 392 g/mol. The summed E-state index contributed by atoms with van der Waals surface area (Å²) in [5, 5.41) is 34.8. The minimum absolute atomic E-state index is 0. The molecule has 25 heavy (non-hydrogen) atoms. The van der Waals surface area contributed by atoms with Gasteiger partial charge in [-0.1, -0.05) is 24.3 Å². The largest absolute Gasteiger partial charge is 0.386 e. The van der Waals surface area contributed by atoms with Crippen LogP contribution in [-0.2, 0) is 21.7 Å². The molecule has 4 N–H and O–H groups in total. The van der Waals surface area contributed by atoms with Crippen LogP contribution < -0.4 is 0 Å². The van der Waals surface area contributed by atoms with Crippen LogP contribution in [-0.4, -0.2) is 42.8 Å². The van der Waals surface area contributed by atoms with Crippen LogP contribution >= 0.6 is 0 Å². The first-order valence-corrected chi connectivity index (χ1v) is 7.68. The van der Waals surface area contributed by atoms with E-state index in [4.69, 9.17) is 20.4 Å². The van der Waals surface area contributed by atoms with Crippen LogP contribution in [0.3, 0.4) is 0 Å². The summed E-state index contributed by atoms with van der Waals surface area (Å²) in [7, 11) is 0. The molecule has 0 unspecified atom stereocenters. The molecule has 0 saturated carbocycles. The van der Waals surface area contributed by atoms with Gasteiger partial charge in [-0.15, -0.1) is 26.3 Å². The van der Waals surface area contributed by atoms with Crippen LogP contribution in [0.15, 0.2) is 50.6 Å². The molecule has 0 radical (unpaired) electrons. The number of hydrogen-bond acceptors (Lipinski definition) is 4. The minimum atomic E-state index is -0.694. The number of hydrogen-bond donors (Lipinski definition) is 4. The first-order valence-electron chi connectivity index (χ1n) is 7.68. The summed E-state index contributed by atoms with van der Waals surface area (Å²) in [6, 6.07) is 0. The fourth-order valence-electron chi connectivity index (χ4n) is 0. The van der Waals surface area contributed by atoms with Crippen molar-refractivity contribution in [1.82, 2.24) is 0 Å². The average Bonchev–Trinajstić information content (AvgIpc) is 2.37.